The Bertz CT molecular complexity index is 347. The van der Waals surface area contributed by atoms with Crippen LogP contribution in [0, 0.1) is 5.41 Å². The summed E-state index contributed by atoms with van der Waals surface area (Å²) in [4.78, 5) is 12.3. The van der Waals surface area contributed by atoms with Crippen molar-refractivity contribution in [1.82, 2.24) is 5.32 Å². The number of hydrogen-bond acceptors (Lipinski definition) is 5. The summed E-state index contributed by atoms with van der Waals surface area (Å²) in [5.74, 6) is -0.183. The van der Waals surface area contributed by atoms with E-state index >= 15 is 0 Å². The molecule has 19 heavy (non-hydrogen) atoms. The lowest BCUT2D eigenvalue weighted by atomic mass is 9.83. The van der Waals surface area contributed by atoms with Crippen molar-refractivity contribution < 1.29 is 19.5 Å². The molecule has 1 saturated carbocycles. The van der Waals surface area contributed by atoms with E-state index in [1.807, 2.05) is 0 Å². The number of hydrogen-bond donors (Lipinski definition) is 3. The molecule has 1 unspecified atom stereocenters. The molecule has 2 fully saturated rings. The van der Waals surface area contributed by atoms with Crippen LogP contribution < -0.4 is 11.1 Å². The molecule has 1 saturated heterocycles. The molecule has 1 atom stereocenters. The first-order chi connectivity index (χ1) is 9.19. The second-order valence-corrected chi connectivity index (χ2v) is 5.05. The first kappa shape index (κ1) is 14.1. The van der Waals surface area contributed by atoms with E-state index < -0.39 is 5.41 Å². The standard InChI is InChI=1S/C12H21N3O4/c13-10(15-17)12(3-1-2-4-12)11(16)14-7-9-8-18-5-6-19-9/h9,17H,1-8H2,(H2,13,15)(H,14,16). The smallest absolute Gasteiger partial charge is 0.234 e. The number of ether oxygens (including phenoxy) is 2. The van der Waals surface area contributed by atoms with Crippen molar-refractivity contribution in [2.45, 2.75) is 31.8 Å². The van der Waals surface area contributed by atoms with Crippen LogP contribution in [0.5, 0.6) is 0 Å². The Morgan fingerprint density at radius 3 is 2.74 bits per heavy atom. The fraction of sp³-hybridized carbons (Fsp3) is 0.833. The second-order valence-electron chi connectivity index (χ2n) is 5.05. The highest BCUT2D eigenvalue weighted by Gasteiger charge is 2.45. The van der Waals surface area contributed by atoms with Gasteiger partial charge >= 0.3 is 0 Å². The van der Waals surface area contributed by atoms with Gasteiger partial charge in [-0.05, 0) is 12.8 Å². The van der Waals surface area contributed by atoms with Crippen molar-refractivity contribution in [3.05, 3.63) is 0 Å². The average Bonchev–Trinajstić information content (AvgIpc) is 2.96. The Kier molecular flexibility index (Phi) is 4.60. The molecule has 2 rings (SSSR count). The Morgan fingerprint density at radius 2 is 2.16 bits per heavy atom. The van der Waals surface area contributed by atoms with E-state index in [1.165, 1.54) is 0 Å². The molecular formula is C12H21N3O4. The topological polar surface area (TPSA) is 106 Å². The number of nitrogens with two attached hydrogens (primary N) is 1. The number of oxime groups is 1. The summed E-state index contributed by atoms with van der Waals surface area (Å²) in [6.07, 6.45) is 2.94. The van der Waals surface area contributed by atoms with Gasteiger partial charge in [0.1, 0.15) is 5.41 Å². The summed E-state index contributed by atoms with van der Waals surface area (Å²) in [6, 6.07) is 0. The molecule has 1 amide bonds. The molecule has 0 radical (unpaired) electrons. The van der Waals surface area contributed by atoms with Gasteiger partial charge in [-0.15, -0.1) is 0 Å². The zero-order valence-corrected chi connectivity index (χ0v) is 10.9. The summed E-state index contributed by atoms with van der Waals surface area (Å²) in [7, 11) is 0. The highest BCUT2D eigenvalue weighted by Crippen LogP contribution is 2.38. The van der Waals surface area contributed by atoms with Gasteiger partial charge < -0.3 is 25.7 Å². The van der Waals surface area contributed by atoms with Gasteiger partial charge in [-0.3, -0.25) is 4.79 Å². The number of carbonyl (C=O) groups is 1. The Labute approximate surface area is 112 Å². The molecule has 7 nitrogen and oxygen atoms in total. The fourth-order valence-electron chi connectivity index (χ4n) is 2.70. The number of amides is 1. The minimum atomic E-state index is -0.857. The minimum Gasteiger partial charge on any atom is -0.409 e. The molecule has 1 heterocycles. The molecule has 7 heteroatoms. The lowest BCUT2D eigenvalue weighted by Gasteiger charge is -2.28. The van der Waals surface area contributed by atoms with Gasteiger partial charge in [-0.1, -0.05) is 18.0 Å². The first-order valence-electron chi connectivity index (χ1n) is 6.65. The first-order valence-corrected chi connectivity index (χ1v) is 6.65. The van der Waals surface area contributed by atoms with E-state index in [0.29, 0.717) is 39.2 Å². The van der Waals surface area contributed by atoms with Gasteiger partial charge in [0.25, 0.3) is 0 Å². The zero-order valence-electron chi connectivity index (χ0n) is 10.9. The molecule has 0 aromatic carbocycles. The van der Waals surface area contributed by atoms with Crippen LogP contribution in [0.3, 0.4) is 0 Å². The maximum absolute atomic E-state index is 12.3. The number of carbonyl (C=O) groups excluding carboxylic acids is 1. The predicted octanol–water partition coefficient (Wildman–Crippen LogP) is -0.175. The summed E-state index contributed by atoms with van der Waals surface area (Å²) < 4.78 is 10.7. The Hall–Kier alpha value is -1.34. The highest BCUT2D eigenvalue weighted by atomic mass is 16.6. The fourth-order valence-corrected chi connectivity index (χ4v) is 2.70. The highest BCUT2D eigenvalue weighted by molar-refractivity contribution is 6.07. The minimum absolute atomic E-state index is 0.00307. The zero-order chi connectivity index (χ0) is 13.7. The van der Waals surface area contributed by atoms with E-state index in [1.54, 1.807) is 0 Å². The Balaban J connectivity index is 1.92. The molecule has 1 aliphatic carbocycles. The van der Waals surface area contributed by atoms with Gasteiger partial charge in [0.15, 0.2) is 5.84 Å². The van der Waals surface area contributed by atoms with Crippen LogP contribution in [0.2, 0.25) is 0 Å². The third-order valence-electron chi connectivity index (χ3n) is 3.87. The van der Waals surface area contributed by atoms with Gasteiger partial charge in [-0.25, -0.2) is 0 Å². The van der Waals surface area contributed by atoms with Crippen LogP contribution in [0.15, 0.2) is 5.16 Å². The number of nitrogens with one attached hydrogen (secondary N) is 1. The van der Waals surface area contributed by atoms with E-state index in [-0.39, 0.29) is 17.8 Å². The lowest BCUT2D eigenvalue weighted by Crippen LogP contribution is -2.50. The monoisotopic (exact) mass is 271 g/mol. The van der Waals surface area contributed by atoms with E-state index in [4.69, 9.17) is 20.4 Å². The average molecular weight is 271 g/mol. The van der Waals surface area contributed by atoms with Crippen molar-refractivity contribution >= 4 is 11.7 Å². The Morgan fingerprint density at radius 1 is 1.42 bits per heavy atom. The molecule has 1 aliphatic heterocycles. The second kappa shape index (κ2) is 6.21. The van der Waals surface area contributed by atoms with E-state index in [0.717, 1.165) is 12.8 Å². The lowest BCUT2D eigenvalue weighted by molar-refractivity contribution is -0.130. The van der Waals surface area contributed by atoms with Crippen LogP contribution in [0.1, 0.15) is 25.7 Å². The molecular weight excluding hydrogens is 250 g/mol. The summed E-state index contributed by atoms with van der Waals surface area (Å²) in [5.41, 5.74) is 4.85. The van der Waals surface area contributed by atoms with Crippen LogP contribution in [-0.2, 0) is 14.3 Å². The van der Waals surface area contributed by atoms with Crippen LogP contribution in [-0.4, -0.2) is 49.4 Å². The molecule has 2 aliphatic rings. The van der Waals surface area contributed by atoms with Gasteiger partial charge in [-0.2, -0.15) is 0 Å². The molecule has 0 bridgehead atoms. The SMILES string of the molecule is NC(=NO)C1(C(=O)NCC2COCCO2)CCCC1. The van der Waals surface area contributed by atoms with Crippen LogP contribution in [0.25, 0.3) is 0 Å². The maximum atomic E-state index is 12.3. The summed E-state index contributed by atoms with van der Waals surface area (Å²) in [6.45, 7) is 2.01. The maximum Gasteiger partial charge on any atom is 0.234 e. The molecule has 0 spiro atoms. The third kappa shape index (κ3) is 2.98. The largest absolute Gasteiger partial charge is 0.409 e. The van der Waals surface area contributed by atoms with Crippen LogP contribution >= 0.6 is 0 Å². The van der Waals surface area contributed by atoms with E-state index in [9.17, 15) is 4.79 Å². The number of nitrogens with zero attached hydrogens (tertiary/aromatic N) is 1. The molecule has 0 aromatic rings. The molecule has 0 aromatic heterocycles. The van der Waals surface area contributed by atoms with Gasteiger partial charge in [0, 0.05) is 6.54 Å². The molecule has 4 N–H and O–H groups in total. The van der Waals surface area contributed by atoms with Crippen molar-refractivity contribution in [2.75, 3.05) is 26.4 Å². The number of rotatable bonds is 4. The van der Waals surface area contributed by atoms with Crippen molar-refractivity contribution in [3.8, 4) is 0 Å². The predicted molar refractivity (Wildman–Crippen MR) is 67.9 cm³/mol. The summed E-state index contributed by atoms with van der Waals surface area (Å²) in [5, 5.41) is 14.7. The van der Waals surface area contributed by atoms with Crippen molar-refractivity contribution in [2.24, 2.45) is 16.3 Å². The normalized spacial score (nSPS) is 27.2. The van der Waals surface area contributed by atoms with Crippen molar-refractivity contribution in [1.29, 1.82) is 0 Å². The molecule has 108 valence electrons. The van der Waals surface area contributed by atoms with Crippen molar-refractivity contribution in [3.63, 3.8) is 0 Å². The third-order valence-corrected chi connectivity index (χ3v) is 3.87. The van der Waals surface area contributed by atoms with E-state index in [2.05, 4.69) is 10.5 Å². The van der Waals surface area contributed by atoms with Crippen LogP contribution in [0.4, 0.5) is 0 Å². The van der Waals surface area contributed by atoms with Gasteiger partial charge in [0.05, 0.1) is 25.9 Å². The summed E-state index contributed by atoms with van der Waals surface area (Å²) >= 11 is 0. The quantitative estimate of drug-likeness (QED) is 0.285. The number of amidine groups is 1. The van der Waals surface area contributed by atoms with Gasteiger partial charge in [0.2, 0.25) is 5.91 Å².